The Kier molecular flexibility index (Phi) is 3.58. The average Bonchev–Trinajstić information content (AvgIpc) is 2.90. The number of nitrogens with one attached hydrogen (secondary N) is 1. The molecule has 4 rings (SSSR count). The molecule has 3 aliphatic rings. The molecule has 1 saturated heterocycles. The molecule has 1 N–H and O–H groups in total. The number of amides is 1. The Morgan fingerprint density at radius 1 is 1.33 bits per heavy atom. The SMILES string of the molecule is CCN1C(C2C(=O)Nc3ccccc32)COC2(C)C=CC(=O)CC12. The second-order valence-corrected chi connectivity index (χ2v) is 6.97. The van der Waals surface area contributed by atoms with Gasteiger partial charge in [-0.3, -0.25) is 14.5 Å². The maximum atomic E-state index is 12.6. The molecule has 0 aromatic heterocycles. The summed E-state index contributed by atoms with van der Waals surface area (Å²) in [7, 11) is 0. The minimum Gasteiger partial charge on any atom is -0.368 e. The number of anilines is 1. The van der Waals surface area contributed by atoms with Crippen molar-refractivity contribution in [2.24, 2.45) is 0 Å². The molecule has 2 aliphatic heterocycles. The Balaban J connectivity index is 1.71. The van der Waals surface area contributed by atoms with Crippen LogP contribution in [0, 0.1) is 0 Å². The van der Waals surface area contributed by atoms with E-state index in [2.05, 4.69) is 17.1 Å². The number of carbonyl (C=O) groups is 2. The van der Waals surface area contributed by atoms with Crippen LogP contribution in [-0.2, 0) is 14.3 Å². The van der Waals surface area contributed by atoms with Gasteiger partial charge in [0, 0.05) is 24.2 Å². The van der Waals surface area contributed by atoms with Gasteiger partial charge in [0.25, 0.3) is 0 Å². The first-order valence-electron chi connectivity index (χ1n) is 8.55. The zero-order valence-corrected chi connectivity index (χ0v) is 14.0. The van der Waals surface area contributed by atoms with Gasteiger partial charge in [-0.1, -0.05) is 25.1 Å². The number of fused-ring (bicyclic) bond motifs is 2. The van der Waals surface area contributed by atoms with Crippen molar-refractivity contribution in [2.45, 2.75) is 43.9 Å². The molecule has 2 heterocycles. The largest absolute Gasteiger partial charge is 0.368 e. The summed E-state index contributed by atoms with van der Waals surface area (Å²) < 4.78 is 6.18. The van der Waals surface area contributed by atoms with Crippen molar-refractivity contribution in [3.63, 3.8) is 0 Å². The maximum Gasteiger partial charge on any atom is 0.233 e. The first-order valence-corrected chi connectivity index (χ1v) is 8.55. The molecule has 0 radical (unpaired) electrons. The number of hydrogen-bond acceptors (Lipinski definition) is 4. The summed E-state index contributed by atoms with van der Waals surface area (Å²) in [5.74, 6) is -0.118. The normalized spacial score (nSPS) is 35.5. The molecule has 4 unspecified atom stereocenters. The van der Waals surface area contributed by atoms with Gasteiger partial charge in [-0.25, -0.2) is 0 Å². The minimum absolute atomic E-state index is 0.0181. The van der Waals surface area contributed by atoms with Gasteiger partial charge in [-0.05, 0) is 37.3 Å². The summed E-state index contributed by atoms with van der Waals surface area (Å²) >= 11 is 0. The van der Waals surface area contributed by atoms with Crippen molar-refractivity contribution in [1.29, 1.82) is 0 Å². The van der Waals surface area contributed by atoms with Gasteiger partial charge in [0.2, 0.25) is 5.91 Å². The fraction of sp³-hybridized carbons (Fsp3) is 0.474. The summed E-state index contributed by atoms with van der Waals surface area (Å²) in [5, 5.41) is 2.98. The van der Waals surface area contributed by atoms with Gasteiger partial charge in [-0.15, -0.1) is 0 Å². The zero-order valence-electron chi connectivity index (χ0n) is 14.0. The molecule has 1 aromatic carbocycles. The molecule has 24 heavy (non-hydrogen) atoms. The third kappa shape index (κ3) is 2.23. The number of para-hydroxylation sites is 1. The quantitative estimate of drug-likeness (QED) is 0.904. The summed E-state index contributed by atoms with van der Waals surface area (Å²) in [5.41, 5.74) is 1.45. The van der Waals surface area contributed by atoms with Crippen LogP contribution in [0.2, 0.25) is 0 Å². The molecule has 1 aromatic rings. The summed E-state index contributed by atoms with van der Waals surface area (Å²) in [6.07, 6.45) is 3.95. The topological polar surface area (TPSA) is 58.6 Å². The highest BCUT2D eigenvalue weighted by molar-refractivity contribution is 6.03. The fourth-order valence-electron chi connectivity index (χ4n) is 4.37. The van der Waals surface area contributed by atoms with Crippen LogP contribution in [0.3, 0.4) is 0 Å². The summed E-state index contributed by atoms with van der Waals surface area (Å²) in [6, 6.07) is 7.74. The highest BCUT2D eigenvalue weighted by atomic mass is 16.5. The van der Waals surface area contributed by atoms with Crippen molar-refractivity contribution in [3.8, 4) is 0 Å². The van der Waals surface area contributed by atoms with Gasteiger partial charge in [0.05, 0.1) is 18.1 Å². The van der Waals surface area contributed by atoms with E-state index in [1.54, 1.807) is 6.08 Å². The Labute approximate surface area is 141 Å². The molecule has 5 nitrogen and oxygen atoms in total. The van der Waals surface area contributed by atoms with Crippen LogP contribution < -0.4 is 5.32 Å². The second kappa shape index (κ2) is 5.53. The van der Waals surface area contributed by atoms with E-state index in [0.717, 1.165) is 17.8 Å². The van der Waals surface area contributed by atoms with E-state index in [-0.39, 0.29) is 29.7 Å². The predicted octanol–water partition coefficient (Wildman–Crippen LogP) is 2.10. The number of benzene rings is 1. The van der Waals surface area contributed by atoms with E-state index in [1.807, 2.05) is 37.3 Å². The van der Waals surface area contributed by atoms with E-state index >= 15 is 0 Å². The first kappa shape index (κ1) is 15.5. The highest BCUT2D eigenvalue weighted by Crippen LogP contribution is 2.42. The monoisotopic (exact) mass is 326 g/mol. The lowest BCUT2D eigenvalue weighted by Gasteiger charge is -2.52. The first-order chi connectivity index (χ1) is 11.5. The Hall–Kier alpha value is -1.98. The summed E-state index contributed by atoms with van der Waals surface area (Å²) in [6.45, 7) is 5.37. The molecule has 1 aliphatic carbocycles. The minimum atomic E-state index is -0.463. The lowest BCUT2D eigenvalue weighted by molar-refractivity contribution is -0.156. The number of nitrogens with zero attached hydrogens (tertiary/aromatic N) is 1. The maximum absolute atomic E-state index is 12.6. The van der Waals surface area contributed by atoms with Gasteiger partial charge in [0.15, 0.2) is 5.78 Å². The molecule has 126 valence electrons. The number of morpholine rings is 1. The molecular formula is C19H22N2O3. The number of ether oxygens (including phenoxy) is 1. The zero-order chi connectivity index (χ0) is 16.9. The van der Waals surface area contributed by atoms with Crippen molar-refractivity contribution in [1.82, 2.24) is 4.90 Å². The lowest BCUT2D eigenvalue weighted by Crippen LogP contribution is -2.64. The average molecular weight is 326 g/mol. The van der Waals surface area contributed by atoms with Gasteiger partial charge < -0.3 is 10.1 Å². The predicted molar refractivity (Wildman–Crippen MR) is 90.9 cm³/mol. The van der Waals surface area contributed by atoms with Crippen LogP contribution in [0.5, 0.6) is 0 Å². The number of hydrogen-bond donors (Lipinski definition) is 1. The van der Waals surface area contributed by atoms with E-state index < -0.39 is 5.60 Å². The number of likely N-dealkylation sites (N-methyl/N-ethyl adjacent to an activating group) is 1. The number of carbonyl (C=O) groups excluding carboxylic acids is 2. The Morgan fingerprint density at radius 2 is 2.12 bits per heavy atom. The molecule has 5 heteroatoms. The molecule has 0 saturated carbocycles. The van der Waals surface area contributed by atoms with Crippen molar-refractivity contribution < 1.29 is 14.3 Å². The van der Waals surface area contributed by atoms with E-state index in [4.69, 9.17) is 4.74 Å². The number of allylic oxidation sites excluding steroid dienone is 1. The Morgan fingerprint density at radius 3 is 2.92 bits per heavy atom. The van der Waals surface area contributed by atoms with E-state index in [9.17, 15) is 9.59 Å². The highest BCUT2D eigenvalue weighted by Gasteiger charge is 2.51. The van der Waals surface area contributed by atoms with Crippen LogP contribution >= 0.6 is 0 Å². The molecular weight excluding hydrogens is 304 g/mol. The number of rotatable bonds is 2. The van der Waals surface area contributed by atoms with Crippen molar-refractivity contribution in [2.75, 3.05) is 18.5 Å². The molecule has 1 fully saturated rings. The summed E-state index contributed by atoms with van der Waals surface area (Å²) in [4.78, 5) is 26.9. The van der Waals surface area contributed by atoms with Gasteiger partial charge in [-0.2, -0.15) is 0 Å². The smallest absolute Gasteiger partial charge is 0.233 e. The molecule has 0 spiro atoms. The second-order valence-electron chi connectivity index (χ2n) is 6.97. The molecule has 4 atom stereocenters. The van der Waals surface area contributed by atoms with Gasteiger partial charge >= 0.3 is 0 Å². The van der Waals surface area contributed by atoms with Crippen molar-refractivity contribution in [3.05, 3.63) is 42.0 Å². The van der Waals surface area contributed by atoms with Crippen LogP contribution in [0.25, 0.3) is 0 Å². The van der Waals surface area contributed by atoms with Crippen LogP contribution in [0.15, 0.2) is 36.4 Å². The third-order valence-electron chi connectivity index (χ3n) is 5.63. The molecule has 0 bridgehead atoms. The van der Waals surface area contributed by atoms with Crippen LogP contribution in [0.1, 0.15) is 31.7 Å². The number of ketones is 1. The lowest BCUT2D eigenvalue weighted by atomic mass is 9.80. The van der Waals surface area contributed by atoms with E-state index in [0.29, 0.717) is 13.0 Å². The van der Waals surface area contributed by atoms with Crippen LogP contribution in [0.4, 0.5) is 5.69 Å². The van der Waals surface area contributed by atoms with Crippen molar-refractivity contribution >= 4 is 17.4 Å². The van der Waals surface area contributed by atoms with Gasteiger partial charge in [0.1, 0.15) is 0 Å². The van der Waals surface area contributed by atoms with Crippen LogP contribution in [-0.4, -0.2) is 47.4 Å². The fourth-order valence-corrected chi connectivity index (χ4v) is 4.37. The van der Waals surface area contributed by atoms with E-state index in [1.165, 1.54) is 0 Å². The third-order valence-corrected chi connectivity index (χ3v) is 5.63. The Bertz CT molecular complexity index is 729. The molecule has 1 amide bonds. The standard InChI is InChI=1S/C19H22N2O3/c1-3-21-15(11-24-19(2)9-8-12(22)10-16(19)21)17-13-6-4-5-7-14(13)20-18(17)23/h4-9,15-17H,3,10-11H2,1-2H3,(H,20,23).